The van der Waals surface area contributed by atoms with Crippen molar-refractivity contribution in [3.8, 4) is 0 Å². The van der Waals surface area contributed by atoms with Gasteiger partial charge in [0.1, 0.15) is 5.52 Å². The van der Waals surface area contributed by atoms with E-state index in [1.165, 1.54) is 23.6 Å². The lowest BCUT2D eigenvalue weighted by Gasteiger charge is -1.94. The van der Waals surface area contributed by atoms with Gasteiger partial charge in [0, 0.05) is 5.92 Å². The number of rotatable bonds is 1. The molecule has 0 spiro atoms. The summed E-state index contributed by atoms with van der Waals surface area (Å²) < 4.78 is 5.79. The van der Waals surface area contributed by atoms with Gasteiger partial charge in [-0.1, -0.05) is 24.3 Å². The number of nitrogens with zero attached hydrogens (tertiary/aromatic N) is 1. The molecule has 1 heterocycles. The maximum Gasteiger partial charge on any atom is 0.198 e. The number of aromatic nitrogens is 1. The van der Waals surface area contributed by atoms with E-state index >= 15 is 0 Å². The van der Waals surface area contributed by atoms with Gasteiger partial charge in [-0.15, -0.1) is 0 Å². The van der Waals surface area contributed by atoms with Crippen molar-refractivity contribution in [1.82, 2.24) is 4.98 Å². The highest BCUT2D eigenvalue weighted by Crippen LogP contribution is 2.40. The van der Waals surface area contributed by atoms with Crippen LogP contribution in [0.15, 0.2) is 40.8 Å². The fraction of sp³-hybridized carbons (Fsp3) is 0.214. The summed E-state index contributed by atoms with van der Waals surface area (Å²) in [5, 5.41) is 2.44. The first-order valence-corrected chi connectivity index (χ1v) is 5.69. The predicted octanol–water partition coefficient (Wildman–Crippen LogP) is 3.86. The quantitative estimate of drug-likeness (QED) is 0.608. The molecule has 2 nitrogen and oxygen atoms in total. The van der Waals surface area contributed by atoms with Gasteiger partial charge in [-0.3, -0.25) is 0 Å². The third kappa shape index (κ3) is 1.16. The Labute approximate surface area is 92.9 Å². The van der Waals surface area contributed by atoms with Crippen molar-refractivity contribution in [3.05, 3.63) is 42.3 Å². The van der Waals surface area contributed by atoms with Gasteiger partial charge < -0.3 is 4.42 Å². The second-order valence-corrected chi connectivity index (χ2v) is 4.49. The summed E-state index contributed by atoms with van der Waals surface area (Å²) in [4.78, 5) is 4.56. The van der Waals surface area contributed by atoms with E-state index in [0.29, 0.717) is 5.92 Å². The van der Waals surface area contributed by atoms with E-state index < -0.39 is 0 Å². The normalized spacial score (nSPS) is 16.0. The summed E-state index contributed by atoms with van der Waals surface area (Å²) in [5.74, 6) is 1.50. The van der Waals surface area contributed by atoms with E-state index in [1.54, 1.807) is 0 Å². The molecule has 0 unspecified atom stereocenters. The Morgan fingerprint density at radius 1 is 1.06 bits per heavy atom. The van der Waals surface area contributed by atoms with E-state index in [2.05, 4.69) is 35.3 Å². The largest absolute Gasteiger partial charge is 0.440 e. The SMILES string of the molecule is c1ccc2cc3oc(C4CC4)nc3cc2c1. The summed E-state index contributed by atoms with van der Waals surface area (Å²) in [5.41, 5.74) is 1.90. The second kappa shape index (κ2) is 2.85. The number of oxazole rings is 1. The second-order valence-electron chi connectivity index (χ2n) is 4.49. The van der Waals surface area contributed by atoms with Crippen LogP contribution in [0.2, 0.25) is 0 Å². The van der Waals surface area contributed by atoms with Gasteiger partial charge >= 0.3 is 0 Å². The smallest absolute Gasteiger partial charge is 0.198 e. The zero-order chi connectivity index (χ0) is 10.5. The number of fused-ring (bicyclic) bond motifs is 2. The Kier molecular flexibility index (Phi) is 1.48. The van der Waals surface area contributed by atoms with Crippen molar-refractivity contribution >= 4 is 21.9 Å². The topological polar surface area (TPSA) is 26.0 Å². The van der Waals surface area contributed by atoms with Crippen LogP contribution < -0.4 is 0 Å². The van der Waals surface area contributed by atoms with Crippen molar-refractivity contribution in [3.63, 3.8) is 0 Å². The van der Waals surface area contributed by atoms with Gasteiger partial charge in [-0.2, -0.15) is 0 Å². The summed E-state index contributed by atoms with van der Waals surface area (Å²) in [7, 11) is 0. The van der Waals surface area contributed by atoms with E-state index in [-0.39, 0.29) is 0 Å². The zero-order valence-electron chi connectivity index (χ0n) is 8.81. The third-order valence-corrected chi connectivity index (χ3v) is 3.20. The zero-order valence-corrected chi connectivity index (χ0v) is 8.81. The Bertz CT molecular complexity index is 627. The average Bonchev–Trinajstić information content (AvgIpc) is 3.07. The summed E-state index contributed by atoms with van der Waals surface area (Å²) >= 11 is 0. The lowest BCUT2D eigenvalue weighted by molar-refractivity contribution is 0.533. The van der Waals surface area contributed by atoms with E-state index in [0.717, 1.165) is 17.0 Å². The van der Waals surface area contributed by atoms with E-state index in [4.69, 9.17) is 4.42 Å². The monoisotopic (exact) mass is 209 g/mol. The molecule has 1 aromatic heterocycles. The first-order chi connectivity index (χ1) is 7.90. The molecule has 0 aliphatic heterocycles. The summed E-state index contributed by atoms with van der Waals surface area (Å²) in [6.07, 6.45) is 2.46. The molecule has 2 heteroatoms. The van der Waals surface area contributed by atoms with Crippen molar-refractivity contribution in [2.24, 2.45) is 0 Å². The molecule has 1 aliphatic carbocycles. The highest BCUT2D eigenvalue weighted by molar-refractivity contribution is 5.94. The van der Waals surface area contributed by atoms with Crippen LogP contribution in [0, 0.1) is 0 Å². The fourth-order valence-electron chi connectivity index (χ4n) is 2.14. The molecule has 1 saturated carbocycles. The van der Waals surface area contributed by atoms with Gasteiger partial charge in [-0.25, -0.2) is 4.98 Å². The highest BCUT2D eigenvalue weighted by Gasteiger charge is 2.28. The van der Waals surface area contributed by atoms with Crippen LogP contribution in [0.4, 0.5) is 0 Å². The standard InChI is InChI=1S/C14H11NO/c1-2-4-11-8-13-12(7-10(11)3-1)15-14(16-13)9-5-6-9/h1-4,7-9H,5-6H2. The molecule has 0 atom stereocenters. The number of hydrogen-bond donors (Lipinski definition) is 0. The van der Waals surface area contributed by atoms with Crippen LogP contribution in [-0.4, -0.2) is 4.98 Å². The molecule has 2 aromatic carbocycles. The molecule has 0 saturated heterocycles. The maximum absolute atomic E-state index is 5.79. The Morgan fingerprint density at radius 3 is 2.56 bits per heavy atom. The summed E-state index contributed by atoms with van der Waals surface area (Å²) in [6, 6.07) is 12.5. The van der Waals surface area contributed by atoms with Crippen LogP contribution in [0.3, 0.4) is 0 Å². The molecule has 78 valence electrons. The Morgan fingerprint density at radius 2 is 1.81 bits per heavy atom. The third-order valence-electron chi connectivity index (χ3n) is 3.20. The molecular formula is C14H11NO. The first kappa shape index (κ1) is 8.34. The molecule has 3 aromatic rings. The van der Waals surface area contributed by atoms with Gasteiger partial charge in [0.25, 0.3) is 0 Å². The number of hydrogen-bond acceptors (Lipinski definition) is 2. The minimum atomic E-state index is 0.579. The fourth-order valence-corrected chi connectivity index (χ4v) is 2.14. The van der Waals surface area contributed by atoms with Gasteiger partial charge in [0.15, 0.2) is 11.5 Å². The molecule has 1 fully saturated rings. The minimum absolute atomic E-state index is 0.579. The molecule has 4 rings (SSSR count). The van der Waals surface area contributed by atoms with E-state index in [1.807, 2.05) is 6.07 Å². The molecule has 1 aliphatic rings. The average molecular weight is 209 g/mol. The lowest BCUT2D eigenvalue weighted by Crippen LogP contribution is -1.75. The molecule has 0 N–H and O–H groups in total. The van der Waals surface area contributed by atoms with Crippen molar-refractivity contribution < 1.29 is 4.42 Å². The Hall–Kier alpha value is -1.83. The molecular weight excluding hydrogens is 198 g/mol. The number of benzene rings is 2. The minimum Gasteiger partial charge on any atom is -0.440 e. The van der Waals surface area contributed by atoms with Crippen LogP contribution in [-0.2, 0) is 0 Å². The molecule has 16 heavy (non-hydrogen) atoms. The first-order valence-electron chi connectivity index (χ1n) is 5.69. The Balaban J connectivity index is 2.04. The van der Waals surface area contributed by atoms with Gasteiger partial charge in [-0.05, 0) is 35.7 Å². The molecule has 0 amide bonds. The van der Waals surface area contributed by atoms with Crippen molar-refractivity contribution in [2.75, 3.05) is 0 Å². The predicted molar refractivity (Wildman–Crippen MR) is 63.5 cm³/mol. The molecule has 0 bridgehead atoms. The van der Waals surface area contributed by atoms with Crippen LogP contribution >= 0.6 is 0 Å². The highest BCUT2D eigenvalue weighted by atomic mass is 16.3. The maximum atomic E-state index is 5.79. The van der Waals surface area contributed by atoms with Gasteiger partial charge in [0.05, 0.1) is 0 Å². The van der Waals surface area contributed by atoms with Crippen LogP contribution in [0.25, 0.3) is 21.9 Å². The summed E-state index contributed by atoms with van der Waals surface area (Å²) in [6.45, 7) is 0. The van der Waals surface area contributed by atoms with Gasteiger partial charge in [0.2, 0.25) is 0 Å². The van der Waals surface area contributed by atoms with Crippen LogP contribution in [0.1, 0.15) is 24.7 Å². The molecule has 0 radical (unpaired) electrons. The van der Waals surface area contributed by atoms with Crippen molar-refractivity contribution in [2.45, 2.75) is 18.8 Å². The lowest BCUT2D eigenvalue weighted by atomic mass is 10.1. The van der Waals surface area contributed by atoms with Crippen molar-refractivity contribution in [1.29, 1.82) is 0 Å². The van der Waals surface area contributed by atoms with Crippen LogP contribution in [0.5, 0.6) is 0 Å². The van der Waals surface area contributed by atoms with E-state index in [9.17, 15) is 0 Å².